The summed E-state index contributed by atoms with van der Waals surface area (Å²) in [5.41, 5.74) is 1.40. The number of hydrogen-bond acceptors (Lipinski definition) is 5. The van der Waals surface area contributed by atoms with E-state index in [9.17, 15) is 0 Å². The Labute approximate surface area is 117 Å². The van der Waals surface area contributed by atoms with E-state index in [1.165, 1.54) is 0 Å². The van der Waals surface area contributed by atoms with Gasteiger partial charge in [-0.3, -0.25) is 0 Å². The Bertz CT molecular complexity index is 540. The first-order valence-electron chi connectivity index (χ1n) is 5.28. The van der Waals surface area contributed by atoms with Crippen LogP contribution in [0.15, 0.2) is 10.7 Å². The standard InChI is InChI=1S/C10H11BrClN5O/c1-3-18-5-8-13-6(4-7(12)14-8)9-10(11)15-16-17(9)2/h4H,3,5H2,1-2H3. The highest BCUT2D eigenvalue weighted by Crippen LogP contribution is 2.25. The van der Waals surface area contributed by atoms with E-state index >= 15 is 0 Å². The lowest BCUT2D eigenvalue weighted by Gasteiger charge is -2.05. The molecule has 0 atom stereocenters. The van der Waals surface area contributed by atoms with Crippen LogP contribution in [0.25, 0.3) is 11.4 Å². The van der Waals surface area contributed by atoms with Crippen molar-refractivity contribution in [1.29, 1.82) is 0 Å². The fraction of sp³-hybridized carbons (Fsp3) is 0.400. The van der Waals surface area contributed by atoms with Gasteiger partial charge in [0.05, 0.1) is 5.69 Å². The molecule has 2 rings (SSSR count). The van der Waals surface area contributed by atoms with Gasteiger partial charge in [-0.2, -0.15) is 0 Å². The van der Waals surface area contributed by atoms with Gasteiger partial charge in [0.25, 0.3) is 0 Å². The molecule has 0 fully saturated rings. The zero-order valence-corrected chi connectivity index (χ0v) is 12.2. The number of ether oxygens (including phenoxy) is 1. The highest BCUT2D eigenvalue weighted by molar-refractivity contribution is 9.10. The summed E-state index contributed by atoms with van der Waals surface area (Å²) in [6, 6.07) is 1.67. The molecule has 0 saturated heterocycles. The molecule has 0 bridgehead atoms. The lowest BCUT2D eigenvalue weighted by atomic mass is 10.3. The first kappa shape index (κ1) is 13.4. The molecule has 0 spiro atoms. The van der Waals surface area contributed by atoms with Crippen molar-refractivity contribution >= 4 is 27.5 Å². The van der Waals surface area contributed by atoms with Gasteiger partial charge in [-0.15, -0.1) is 5.10 Å². The Kier molecular flexibility index (Phi) is 4.26. The fourth-order valence-corrected chi connectivity index (χ4v) is 2.18. The summed E-state index contributed by atoms with van der Waals surface area (Å²) in [6.07, 6.45) is 0. The molecule has 2 aromatic heterocycles. The topological polar surface area (TPSA) is 65.7 Å². The Balaban J connectivity index is 2.42. The van der Waals surface area contributed by atoms with E-state index in [1.54, 1.807) is 17.8 Å². The molecular weight excluding hydrogens is 322 g/mol. The maximum Gasteiger partial charge on any atom is 0.157 e. The van der Waals surface area contributed by atoms with Crippen LogP contribution in [0.3, 0.4) is 0 Å². The summed E-state index contributed by atoms with van der Waals surface area (Å²) >= 11 is 9.30. The molecule has 0 aliphatic rings. The number of aryl methyl sites for hydroxylation is 1. The van der Waals surface area contributed by atoms with Crippen LogP contribution in [0.5, 0.6) is 0 Å². The number of hydrogen-bond donors (Lipinski definition) is 0. The molecule has 6 nitrogen and oxygen atoms in total. The molecule has 0 N–H and O–H groups in total. The van der Waals surface area contributed by atoms with Gasteiger partial charge in [0.2, 0.25) is 0 Å². The maximum absolute atomic E-state index is 5.98. The monoisotopic (exact) mass is 331 g/mol. The zero-order chi connectivity index (χ0) is 13.1. The van der Waals surface area contributed by atoms with E-state index in [1.807, 2.05) is 6.92 Å². The summed E-state index contributed by atoms with van der Waals surface area (Å²) < 4.78 is 7.51. The SMILES string of the molecule is CCOCc1nc(Cl)cc(-c2c(Br)nnn2C)n1. The smallest absolute Gasteiger partial charge is 0.157 e. The van der Waals surface area contributed by atoms with Crippen LogP contribution in [0.1, 0.15) is 12.7 Å². The Morgan fingerprint density at radius 3 is 2.83 bits per heavy atom. The van der Waals surface area contributed by atoms with Crippen molar-refractivity contribution in [2.75, 3.05) is 6.61 Å². The highest BCUT2D eigenvalue weighted by Gasteiger charge is 2.14. The molecule has 0 radical (unpaired) electrons. The van der Waals surface area contributed by atoms with Gasteiger partial charge >= 0.3 is 0 Å². The Morgan fingerprint density at radius 1 is 1.44 bits per heavy atom. The molecular formula is C10H11BrClN5O. The van der Waals surface area contributed by atoms with E-state index in [0.29, 0.717) is 34.5 Å². The third-order valence-corrected chi connectivity index (χ3v) is 2.93. The van der Waals surface area contributed by atoms with E-state index < -0.39 is 0 Å². The third-order valence-electron chi connectivity index (χ3n) is 2.20. The van der Waals surface area contributed by atoms with Gasteiger partial charge in [0.1, 0.15) is 17.5 Å². The number of halogens is 2. The second-order valence-electron chi connectivity index (χ2n) is 3.48. The van der Waals surface area contributed by atoms with E-state index in [2.05, 4.69) is 36.2 Å². The van der Waals surface area contributed by atoms with Crippen molar-refractivity contribution in [3.8, 4) is 11.4 Å². The van der Waals surface area contributed by atoms with Crippen LogP contribution < -0.4 is 0 Å². The van der Waals surface area contributed by atoms with Crippen molar-refractivity contribution in [1.82, 2.24) is 25.0 Å². The lowest BCUT2D eigenvalue weighted by Crippen LogP contribution is -2.03. The lowest BCUT2D eigenvalue weighted by molar-refractivity contribution is 0.128. The first-order valence-corrected chi connectivity index (χ1v) is 6.45. The molecule has 2 aromatic rings. The van der Waals surface area contributed by atoms with Crippen molar-refractivity contribution in [3.05, 3.63) is 21.6 Å². The largest absolute Gasteiger partial charge is 0.374 e. The van der Waals surface area contributed by atoms with Gasteiger partial charge in [-0.1, -0.05) is 16.8 Å². The van der Waals surface area contributed by atoms with Crippen LogP contribution in [0, 0.1) is 0 Å². The second-order valence-corrected chi connectivity index (χ2v) is 4.62. The number of nitrogens with zero attached hydrogens (tertiary/aromatic N) is 5. The van der Waals surface area contributed by atoms with E-state index in [0.717, 1.165) is 5.69 Å². The van der Waals surface area contributed by atoms with Crippen molar-refractivity contribution < 1.29 is 4.74 Å². The van der Waals surface area contributed by atoms with Crippen LogP contribution in [-0.2, 0) is 18.4 Å². The molecule has 0 aliphatic carbocycles. The Morgan fingerprint density at radius 2 is 2.22 bits per heavy atom. The minimum atomic E-state index is 0.326. The minimum Gasteiger partial charge on any atom is -0.374 e. The first-order chi connectivity index (χ1) is 8.61. The van der Waals surface area contributed by atoms with Crippen molar-refractivity contribution in [2.45, 2.75) is 13.5 Å². The quantitative estimate of drug-likeness (QED) is 0.803. The molecule has 0 aromatic carbocycles. The van der Waals surface area contributed by atoms with Crippen LogP contribution in [-0.4, -0.2) is 31.6 Å². The van der Waals surface area contributed by atoms with Gasteiger partial charge in [0, 0.05) is 19.7 Å². The minimum absolute atomic E-state index is 0.326. The molecule has 18 heavy (non-hydrogen) atoms. The average Bonchev–Trinajstić information content (AvgIpc) is 2.66. The average molecular weight is 333 g/mol. The van der Waals surface area contributed by atoms with E-state index in [-0.39, 0.29) is 0 Å². The molecule has 0 amide bonds. The molecule has 0 aliphatic heterocycles. The van der Waals surface area contributed by atoms with Crippen LogP contribution >= 0.6 is 27.5 Å². The van der Waals surface area contributed by atoms with Crippen LogP contribution in [0.4, 0.5) is 0 Å². The van der Waals surface area contributed by atoms with Crippen molar-refractivity contribution in [2.24, 2.45) is 7.05 Å². The van der Waals surface area contributed by atoms with Gasteiger partial charge in [0.15, 0.2) is 10.4 Å². The third kappa shape index (κ3) is 2.85. The predicted octanol–water partition coefficient (Wildman–Crippen LogP) is 2.22. The molecule has 96 valence electrons. The maximum atomic E-state index is 5.98. The molecule has 0 saturated carbocycles. The van der Waals surface area contributed by atoms with Gasteiger partial charge < -0.3 is 4.74 Å². The number of rotatable bonds is 4. The van der Waals surface area contributed by atoms with Gasteiger partial charge in [-0.25, -0.2) is 14.6 Å². The van der Waals surface area contributed by atoms with Gasteiger partial charge in [-0.05, 0) is 22.9 Å². The summed E-state index contributed by atoms with van der Waals surface area (Å²) in [5.74, 6) is 0.535. The zero-order valence-electron chi connectivity index (χ0n) is 9.89. The fourth-order valence-electron chi connectivity index (χ4n) is 1.45. The summed E-state index contributed by atoms with van der Waals surface area (Å²) in [5, 5.41) is 8.17. The second kappa shape index (κ2) is 5.73. The van der Waals surface area contributed by atoms with E-state index in [4.69, 9.17) is 16.3 Å². The van der Waals surface area contributed by atoms with Crippen molar-refractivity contribution in [3.63, 3.8) is 0 Å². The normalized spacial score (nSPS) is 10.9. The molecule has 0 unspecified atom stereocenters. The summed E-state index contributed by atoms with van der Waals surface area (Å²) in [7, 11) is 1.78. The Hall–Kier alpha value is -1.05. The summed E-state index contributed by atoms with van der Waals surface area (Å²) in [4.78, 5) is 8.49. The predicted molar refractivity (Wildman–Crippen MR) is 70.1 cm³/mol. The highest BCUT2D eigenvalue weighted by atomic mass is 79.9. The summed E-state index contributed by atoms with van der Waals surface area (Å²) in [6.45, 7) is 2.84. The number of aromatic nitrogens is 5. The molecule has 8 heteroatoms. The van der Waals surface area contributed by atoms with Crippen LogP contribution in [0.2, 0.25) is 5.15 Å². The molecule has 2 heterocycles.